The van der Waals surface area contributed by atoms with Gasteiger partial charge in [-0.1, -0.05) is 18.2 Å². The van der Waals surface area contributed by atoms with Gasteiger partial charge in [-0.15, -0.1) is 0 Å². The lowest BCUT2D eigenvalue weighted by Gasteiger charge is -2.18. The van der Waals surface area contributed by atoms with E-state index in [-0.39, 0.29) is 6.09 Å². The molecule has 82 valence electrons. The molecule has 3 nitrogen and oxygen atoms in total. The van der Waals surface area contributed by atoms with Crippen molar-refractivity contribution >= 4 is 18.0 Å². The van der Waals surface area contributed by atoms with E-state index in [0.29, 0.717) is 13.2 Å². The summed E-state index contributed by atoms with van der Waals surface area (Å²) in [6, 6.07) is 9.77. The fourth-order valence-electron chi connectivity index (χ4n) is 1.03. The minimum atomic E-state index is -0.283. The number of hydrogen-bond donors (Lipinski definition) is 0. The fraction of sp³-hybridized carbons (Fsp3) is 0.364. The van der Waals surface area contributed by atoms with Crippen LogP contribution in [-0.4, -0.2) is 23.6 Å². The molecule has 1 rings (SSSR count). The molecule has 0 aliphatic carbocycles. The van der Waals surface area contributed by atoms with Crippen molar-refractivity contribution < 1.29 is 9.53 Å². The lowest BCUT2D eigenvalue weighted by atomic mass is 10.4. The molecule has 0 spiro atoms. The highest BCUT2D eigenvalue weighted by molar-refractivity contribution is 7.97. The number of ether oxygens (including phenoxy) is 1. The van der Waals surface area contributed by atoms with E-state index < -0.39 is 0 Å². The van der Waals surface area contributed by atoms with Crippen LogP contribution in [0.4, 0.5) is 4.79 Å². The van der Waals surface area contributed by atoms with Crippen molar-refractivity contribution in [2.45, 2.75) is 18.7 Å². The van der Waals surface area contributed by atoms with Crippen molar-refractivity contribution in [1.29, 1.82) is 0 Å². The highest BCUT2D eigenvalue weighted by atomic mass is 32.2. The van der Waals surface area contributed by atoms with Crippen LogP contribution in [0.15, 0.2) is 35.2 Å². The molecule has 0 atom stereocenters. The van der Waals surface area contributed by atoms with Gasteiger partial charge in [0.05, 0.1) is 6.61 Å². The largest absolute Gasteiger partial charge is 0.449 e. The Morgan fingerprint density at radius 3 is 2.53 bits per heavy atom. The number of carbonyl (C=O) groups excluding carboxylic acids is 1. The lowest BCUT2D eigenvalue weighted by molar-refractivity contribution is 0.135. The molecule has 15 heavy (non-hydrogen) atoms. The van der Waals surface area contributed by atoms with Gasteiger partial charge in [0.1, 0.15) is 0 Å². The lowest BCUT2D eigenvalue weighted by Crippen LogP contribution is -2.24. The summed E-state index contributed by atoms with van der Waals surface area (Å²) in [6.07, 6.45) is -0.283. The third kappa shape index (κ3) is 3.83. The second kappa shape index (κ2) is 6.35. The van der Waals surface area contributed by atoms with Crippen molar-refractivity contribution in [1.82, 2.24) is 4.31 Å². The molecule has 0 aliphatic rings. The first-order valence-electron chi connectivity index (χ1n) is 4.95. The van der Waals surface area contributed by atoms with Crippen molar-refractivity contribution in [2.24, 2.45) is 0 Å². The Labute approximate surface area is 94.5 Å². The van der Waals surface area contributed by atoms with Gasteiger partial charge in [0, 0.05) is 11.4 Å². The SMILES string of the molecule is CCOC(=O)N(CC)Sc1ccccc1. The first-order valence-corrected chi connectivity index (χ1v) is 5.72. The molecule has 0 aliphatic heterocycles. The van der Waals surface area contributed by atoms with Crippen LogP contribution < -0.4 is 0 Å². The number of benzene rings is 1. The molecule has 0 fully saturated rings. The van der Waals surface area contributed by atoms with Gasteiger partial charge in [-0.25, -0.2) is 9.10 Å². The Morgan fingerprint density at radius 1 is 1.33 bits per heavy atom. The van der Waals surface area contributed by atoms with Gasteiger partial charge in [0.25, 0.3) is 0 Å². The van der Waals surface area contributed by atoms with Gasteiger partial charge in [-0.3, -0.25) is 0 Å². The molecule has 0 unspecified atom stereocenters. The number of amides is 1. The molecule has 0 radical (unpaired) electrons. The molecule has 4 heteroatoms. The van der Waals surface area contributed by atoms with Crippen molar-refractivity contribution in [3.05, 3.63) is 30.3 Å². The summed E-state index contributed by atoms with van der Waals surface area (Å²) < 4.78 is 6.53. The normalized spacial score (nSPS) is 9.73. The average Bonchev–Trinajstić information content (AvgIpc) is 2.27. The zero-order chi connectivity index (χ0) is 11.1. The molecule has 1 aromatic rings. The van der Waals surface area contributed by atoms with Gasteiger partial charge in [0.15, 0.2) is 0 Å². The Hall–Kier alpha value is -1.16. The quantitative estimate of drug-likeness (QED) is 0.737. The van der Waals surface area contributed by atoms with Crippen LogP contribution in [0.1, 0.15) is 13.8 Å². The minimum Gasteiger partial charge on any atom is -0.449 e. The minimum absolute atomic E-state index is 0.283. The monoisotopic (exact) mass is 225 g/mol. The third-order valence-corrected chi connectivity index (χ3v) is 2.83. The average molecular weight is 225 g/mol. The molecule has 0 saturated heterocycles. The molecular weight excluding hydrogens is 210 g/mol. The molecule has 0 heterocycles. The Bertz CT molecular complexity index is 303. The van der Waals surface area contributed by atoms with E-state index in [4.69, 9.17) is 4.74 Å². The molecule has 0 bridgehead atoms. The second-order valence-electron chi connectivity index (χ2n) is 2.80. The van der Waals surface area contributed by atoms with Crippen LogP contribution in [0.2, 0.25) is 0 Å². The van der Waals surface area contributed by atoms with E-state index in [1.165, 1.54) is 11.9 Å². The molecule has 0 saturated carbocycles. The maximum Gasteiger partial charge on any atom is 0.420 e. The maximum atomic E-state index is 11.5. The third-order valence-electron chi connectivity index (χ3n) is 1.72. The van der Waals surface area contributed by atoms with E-state index in [0.717, 1.165) is 4.90 Å². The predicted octanol–water partition coefficient (Wildman–Crippen LogP) is 3.17. The first-order chi connectivity index (χ1) is 7.27. The number of rotatable bonds is 4. The number of carbonyl (C=O) groups is 1. The Morgan fingerprint density at radius 2 is 2.00 bits per heavy atom. The predicted molar refractivity (Wildman–Crippen MR) is 61.7 cm³/mol. The molecule has 0 N–H and O–H groups in total. The van der Waals surface area contributed by atoms with Crippen molar-refractivity contribution in [2.75, 3.05) is 13.2 Å². The smallest absolute Gasteiger partial charge is 0.420 e. The maximum absolute atomic E-state index is 11.5. The number of nitrogens with zero attached hydrogens (tertiary/aromatic N) is 1. The van der Waals surface area contributed by atoms with E-state index in [1.807, 2.05) is 37.3 Å². The summed E-state index contributed by atoms with van der Waals surface area (Å²) in [5, 5.41) is 0. The van der Waals surface area contributed by atoms with Gasteiger partial charge >= 0.3 is 6.09 Å². The molecule has 0 aromatic heterocycles. The van der Waals surface area contributed by atoms with Gasteiger partial charge < -0.3 is 4.74 Å². The van der Waals surface area contributed by atoms with E-state index >= 15 is 0 Å². The van der Waals surface area contributed by atoms with E-state index in [2.05, 4.69) is 0 Å². The van der Waals surface area contributed by atoms with Crippen LogP contribution in [-0.2, 0) is 4.74 Å². The number of hydrogen-bond acceptors (Lipinski definition) is 3. The fourth-order valence-corrected chi connectivity index (χ4v) is 1.82. The van der Waals surface area contributed by atoms with Crippen molar-refractivity contribution in [3.63, 3.8) is 0 Å². The van der Waals surface area contributed by atoms with Crippen LogP contribution in [0.3, 0.4) is 0 Å². The van der Waals surface area contributed by atoms with Gasteiger partial charge in [-0.2, -0.15) is 0 Å². The zero-order valence-corrected chi connectivity index (χ0v) is 9.79. The van der Waals surface area contributed by atoms with Gasteiger partial charge in [-0.05, 0) is 37.9 Å². The molecule has 1 aromatic carbocycles. The Kier molecular flexibility index (Phi) is 5.04. The summed E-state index contributed by atoms with van der Waals surface area (Å²) in [4.78, 5) is 12.5. The zero-order valence-electron chi connectivity index (χ0n) is 8.97. The summed E-state index contributed by atoms with van der Waals surface area (Å²) in [6.45, 7) is 4.76. The highest BCUT2D eigenvalue weighted by Crippen LogP contribution is 2.22. The van der Waals surface area contributed by atoms with Crippen LogP contribution >= 0.6 is 11.9 Å². The molecule has 1 amide bonds. The van der Waals surface area contributed by atoms with Crippen LogP contribution in [0.25, 0.3) is 0 Å². The Balaban J connectivity index is 2.58. The van der Waals surface area contributed by atoms with Crippen molar-refractivity contribution in [3.8, 4) is 0 Å². The topological polar surface area (TPSA) is 29.5 Å². The summed E-state index contributed by atoms with van der Waals surface area (Å²) in [5.41, 5.74) is 0. The highest BCUT2D eigenvalue weighted by Gasteiger charge is 2.13. The van der Waals surface area contributed by atoms with E-state index in [1.54, 1.807) is 11.2 Å². The van der Waals surface area contributed by atoms with Crippen LogP contribution in [0, 0.1) is 0 Å². The summed E-state index contributed by atoms with van der Waals surface area (Å²) in [5.74, 6) is 0. The summed E-state index contributed by atoms with van der Waals surface area (Å²) >= 11 is 1.40. The molecular formula is C11H15NO2S. The summed E-state index contributed by atoms with van der Waals surface area (Å²) in [7, 11) is 0. The standard InChI is InChI=1S/C11H15NO2S/c1-3-12(11(13)14-4-2)15-10-8-6-5-7-9-10/h5-9H,3-4H2,1-2H3. The second-order valence-corrected chi connectivity index (χ2v) is 3.89. The van der Waals surface area contributed by atoms with E-state index in [9.17, 15) is 4.79 Å². The van der Waals surface area contributed by atoms with Gasteiger partial charge in [0.2, 0.25) is 0 Å². The van der Waals surface area contributed by atoms with Crippen LogP contribution in [0.5, 0.6) is 0 Å². The first kappa shape index (κ1) is 11.9.